The fourth-order valence-electron chi connectivity index (χ4n) is 2.23. The standard InChI is InChI=1S/C12H15NO4/c14-10(15)12(11(16)17)7-13(8-12)6-9-4-2-1-3-5-9/h2,4-5H,1,3,6-8H2,(H,14,15)(H,16,17). The second-order valence-corrected chi connectivity index (χ2v) is 4.60. The number of carboxylic acid groups (broad SMARTS) is 2. The van der Waals surface area contributed by atoms with Gasteiger partial charge in [0.25, 0.3) is 0 Å². The summed E-state index contributed by atoms with van der Waals surface area (Å²) in [5.74, 6) is -2.48. The van der Waals surface area contributed by atoms with Gasteiger partial charge in [0.2, 0.25) is 0 Å². The number of rotatable bonds is 4. The zero-order chi connectivity index (χ0) is 12.5. The summed E-state index contributed by atoms with van der Waals surface area (Å²) in [6.07, 6.45) is 8.25. The van der Waals surface area contributed by atoms with Gasteiger partial charge in [-0.25, -0.2) is 0 Å². The third kappa shape index (κ3) is 2.10. The van der Waals surface area contributed by atoms with E-state index in [4.69, 9.17) is 10.2 Å². The van der Waals surface area contributed by atoms with Gasteiger partial charge in [-0.3, -0.25) is 14.5 Å². The molecular weight excluding hydrogens is 222 g/mol. The Bertz CT molecular complexity index is 389. The van der Waals surface area contributed by atoms with Crippen LogP contribution >= 0.6 is 0 Å². The lowest BCUT2D eigenvalue weighted by Gasteiger charge is -2.44. The SMILES string of the molecule is O=C(O)C1(C(=O)O)CN(CC2=CCCC=C2)C1. The first-order valence-electron chi connectivity index (χ1n) is 5.59. The Morgan fingerprint density at radius 2 is 1.88 bits per heavy atom. The third-order valence-corrected chi connectivity index (χ3v) is 3.28. The zero-order valence-electron chi connectivity index (χ0n) is 9.43. The van der Waals surface area contributed by atoms with Gasteiger partial charge in [0.05, 0.1) is 0 Å². The summed E-state index contributed by atoms with van der Waals surface area (Å²) in [4.78, 5) is 23.7. The van der Waals surface area contributed by atoms with Gasteiger partial charge in [-0.15, -0.1) is 0 Å². The topological polar surface area (TPSA) is 77.8 Å². The molecule has 0 radical (unpaired) electrons. The molecule has 5 heteroatoms. The van der Waals surface area contributed by atoms with Crippen LogP contribution in [0, 0.1) is 5.41 Å². The Morgan fingerprint density at radius 3 is 2.35 bits per heavy atom. The first-order valence-corrected chi connectivity index (χ1v) is 5.59. The summed E-state index contributed by atoms with van der Waals surface area (Å²) < 4.78 is 0. The van der Waals surface area contributed by atoms with E-state index < -0.39 is 17.4 Å². The second-order valence-electron chi connectivity index (χ2n) is 4.60. The number of carbonyl (C=O) groups is 2. The fourth-order valence-corrected chi connectivity index (χ4v) is 2.23. The molecule has 0 amide bonds. The number of allylic oxidation sites excluding steroid dienone is 2. The van der Waals surface area contributed by atoms with Gasteiger partial charge in [0.15, 0.2) is 5.41 Å². The van der Waals surface area contributed by atoms with Crippen LogP contribution in [-0.4, -0.2) is 46.7 Å². The minimum Gasteiger partial charge on any atom is -0.480 e. The molecule has 17 heavy (non-hydrogen) atoms. The zero-order valence-corrected chi connectivity index (χ0v) is 9.43. The molecule has 2 aliphatic rings. The Labute approximate surface area is 99.0 Å². The lowest BCUT2D eigenvalue weighted by atomic mass is 9.79. The maximum atomic E-state index is 10.9. The minimum absolute atomic E-state index is 0.0862. The Hall–Kier alpha value is -1.62. The molecule has 0 saturated carbocycles. The van der Waals surface area contributed by atoms with Crippen LogP contribution in [0.1, 0.15) is 12.8 Å². The van der Waals surface area contributed by atoms with Crippen molar-refractivity contribution < 1.29 is 19.8 Å². The summed E-state index contributed by atoms with van der Waals surface area (Å²) in [6, 6.07) is 0. The summed E-state index contributed by atoms with van der Waals surface area (Å²) in [7, 11) is 0. The van der Waals surface area contributed by atoms with Crippen LogP contribution in [0.5, 0.6) is 0 Å². The van der Waals surface area contributed by atoms with Gasteiger partial charge >= 0.3 is 11.9 Å². The van der Waals surface area contributed by atoms with Crippen molar-refractivity contribution in [2.75, 3.05) is 19.6 Å². The average Bonchev–Trinajstić information content (AvgIpc) is 2.23. The molecule has 5 nitrogen and oxygen atoms in total. The number of nitrogens with zero attached hydrogens (tertiary/aromatic N) is 1. The van der Waals surface area contributed by atoms with Crippen molar-refractivity contribution >= 4 is 11.9 Å². The molecule has 0 bridgehead atoms. The van der Waals surface area contributed by atoms with Crippen molar-refractivity contribution in [3.8, 4) is 0 Å². The van der Waals surface area contributed by atoms with Crippen LogP contribution < -0.4 is 0 Å². The molecule has 1 fully saturated rings. The van der Waals surface area contributed by atoms with Crippen molar-refractivity contribution in [2.45, 2.75) is 12.8 Å². The van der Waals surface area contributed by atoms with Gasteiger partial charge in [-0.05, 0) is 18.4 Å². The number of carboxylic acids is 2. The molecule has 1 heterocycles. The molecule has 0 aromatic heterocycles. The second kappa shape index (κ2) is 4.33. The van der Waals surface area contributed by atoms with E-state index in [1.807, 2.05) is 11.0 Å². The summed E-state index contributed by atoms with van der Waals surface area (Å²) in [6.45, 7) is 0.810. The molecule has 1 saturated heterocycles. The van der Waals surface area contributed by atoms with Crippen molar-refractivity contribution in [3.63, 3.8) is 0 Å². The quantitative estimate of drug-likeness (QED) is 0.705. The minimum atomic E-state index is -1.60. The number of aliphatic carboxylic acids is 2. The summed E-state index contributed by atoms with van der Waals surface area (Å²) in [5.41, 5.74) is -0.459. The van der Waals surface area contributed by atoms with Crippen molar-refractivity contribution in [1.29, 1.82) is 0 Å². The fraction of sp³-hybridized carbons (Fsp3) is 0.500. The van der Waals surface area contributed by atoms with Crippen molar-refractivity contribution in [1.82, 2.24) is 4.90 Å². The predicted octanol–water partition coefficient (Wildman–Crippen LogP) is 0.734. The molecule has 0 atom stereocenters. The highest BCUT2D eigenvalue weighted by Crippen LogP contribution is 2.32. The van der Waals surface area contributed by atoms with Gasteiger partial charge < -0.3 is 10.2 Å². The van der Waals surface area contributed by atoms with E-state index in [9.17, 15) is 9.59 Å². The molecule has 0 aromatic rings. The first-order chi connectivity index (χ1) is 8.04. The Balaban J connectivity index is 1.93. The van der Waals surface area contributed by atoms with Crippen LogP contribution in [0.15, 0.2) is 23.8 Å². The largest absolute Gasteiger partial charge is 0.480 e. The van der Waals surface area contributed by atoms with E-state index in [0.717, 1.165) is 18.4 Å². The summed E-state index contributed by atoms with van der Waals surface area (Å²) >= 11 is 0. The number of hydrogen-bond acceptors (Lipinski definition) is 3. The van der Waals surface area contributed by atoms with Gasteiger partial charge in [-0.1, -0.05) is 18.2 Å². The Kier molecular flexibility index (Phi) is 3.02. The van der Waals surface area contributed by atoms with E-state index >= 15 is 0 Å². The van der Waals surface area contributed by atoms with E-state index in [1.54, 1.807) is 0 Å². The Morgan fingerprint density at radius 1 is 1.24 bits per heavy atom. The first kappa shape index (κ1) is 11.9. The predicted molar refractivity (Wildman–Crippen MR) is 60.6 cm³/mol. The van der Waals surface area contributed by atoms with Crippen LogP contribution in [0.4, 0.5) is 0 Å². The van der Waals surface area contributed by atoms with E-state index in [1.165, 1.54) is 0 Å². The molecule has 92 valence electrons. The average molecular weight is 237 g/mol. The van der Waals surface area contributed by atoms with Crippen LogP contribution in [0.25, 0.3) is 0 Å². The smallest absolute Gasteiger partial charge is 0.323 e. The molecule has 0 unspecified atom stereocenters. The monoisotopic (exact) mass is 237 g/mol. The van der Waals surface area contributed by atoms with Crippen LogP contribution in [0.3, 0.4) is 0 Å². The van der Waals surface area contributed by atoms with E-state index in [2.05, 4.69) is 12.2 Å². The maximum Gasteiger partial charge on any atom is 0.323 e. The summed E-state index contributed by atoms with van der Waals surface area (Å²) in [5, 5.41) is 17.9. The molecule has 1 aliphatic heterocycles. The molecule has 0 aromatic carbocycles. The van der Waals surface area contributed by atoms with Gasteiger partial charge in [0.1, 0.15) is 0 Å². The molecular formula is C12H15NO4. The van der Waals surface area contributed by atoms with Crippen molar-refractivity contribution in [2.24, 2.45) is 5.41 Å². The molecule has 2 N–H and O–H groups in total. The number of likely N-dealkylation sites (tertiary alicyclic amines) is 1. The number of hydrogen-bond donors (Lipinski definition) is 2. The normalized spacial score (nSPS) is 22.7. The molecule has 0 spiro atoms. The van der Waals surface area contributed by atoms with Crippen molar-refractivity contribution in [3.05, 3.63) is 23.8 Å². The highest BCUT2D eigenvalue weighted by atomic mass is 16.4. The lowest BCUT2D eigenvalue weighted by molar-refractivity contribution is -0.177. The van der Waals surface area contributed by atoms with Gasteiger partial charge in [0, 0.05) is 19.6 Å². The van der Waals surface area contributed by atoms with Crippen LogP contribution in [0.2, 0.25) is 0 Å². The van der Waals surface area contributed by atoms with Gasteiger partial charge in [-0.2, -0.15) is 0 Å². The highest BCUT2D eigenvalue weighted by Gasteiger charge is 2.56. The van der Waals surface area contributed by atoms with Crippen LogP contribution in [-0.2, 0) is 9.59 Å². The highest BCUT2D eigenvalue weighted by molar-refractivity contribution is 6.00. The lowest BCUT2D eigenvalue weighted by Crippen LogP contribution is -2.64. The third-order valence-electron chi connectivity index (χ3n) is 3.28. The van der Waals surface area contributed by atoms with E-state index in [0.29, 0.717) is 6.54 Å². The maximum absolute atomic E-state index is 10.9. The van der Waals surface area contributed by atoms with E-state index in [-0.39, 0.29) is 13.1 Å². The molecule has 1 aliphatic carbocycles. The molecule has 2 rings (SSSR count).